The molecule has 0 aromatic carbocycles. The van der Waals surface area contributed by atoms with Gasteiger partial charge < -0.3 is 5.32 Å². The molecule has 0 radical (unpaired) electrons. The van der Waals surface area contributed by atoms with E-state index in [0.29, 0.717) is 11.1 Å². The number of nitrogens with one attached hydrogen (secondary N) is 1. The van der Waals surface area contributed by atoms with E-state index in [2.05, 4.69) is 29.8 Å². The van der Waals surface area contributed by atoms with Crippen molar-refractivity contribution in [1.29, 1.82) is 0 Å². The Hall–Kier alpha value is -1.10. The molecule has 0 saturated heterocycles. The van der Waals surface area contributed by atoms with Gasteiger partial charge in [-0.05, 0) is 42.2 Å². The SMILES string of the molecule is CCc1c(C2CCCCCC2)sc2c(NCc3cccs3)cc(Cl)nc12. The number of thiophene rings is 2. The highest BCUT2D eigenvalue weighted by Gasteiger charge is 2.23. The molecular weight excluding hydrogens is 380 g/mol. The summed E-state index contributed by atoms with van der Waals surface area (Å²) in [6.45, 7) is 3.09. The van der Waals surface area contributed by atoms with Gasteiger partial charge in [0.2, 0.25) is 0 Å². The fraction of sp³-hybridized carbons (Fsp3) is 0.476. The Kier molecular flexibility index (Phi) is 5.82. The molecule has 1 N–H and O–H groups in total. The Morgan fingerprint density at radius 1 is 1.23 bits per heavy atom. The predicted molar refractivity (Wildman–Crippen MR) is 116 cm³/mol. The highest BCUT2D eigenvalue weighted by Crippen LogP contribution is 2.44. The highest BCUT2D eigenvalue weighted by atomic mass is 35.5. The molecule has 0 unspecified atom stereocenters. The van der Waals surface area contributed by atoms with E-state index in [-0.39, 0.29) is 0 Å². The number of aromatic nitrogens is 1. The summed E-state index contributed by atoms with van der Waals surface area (Å²) >= 11 is 10.1. The fourth-order valence-electron chi connectivity index (χ4n) is 4.04. The Labute approximate surface area is 168 Å². The first kappa shape index (κ1) is 18.3. The van der Waals surface area contributed by atoms with Gasteiger partial charge in [0.15, 0.2) is 0 Å². The quantitative estimate of drug-likeness (QED) is 0.349. The van der Waals surface area contributed by atoms with Gasteiger partial charge in [0.05, 0.1) is 15.9 Å². The lowest BCUT2D eigenvalue weighted by Crippen LogP contribution is -1.99. The zero-order chi connectivity index (χ0) is 17.9. The van der Waals surface area contributed by atoms with Crippen LogP contribution >= 0.6 is 34.3 Å². The third-order valence-corrected chi connectivity index (χ3v) is 7.84. The van der Waals surface area contributed by atoms with Gasteiger partial charge in [-0.2, -0.15) is 0 Å². The third-order valence-electron chi connectivity index (χ3n) is 5.35. The van der Waals surface area contributed by atoms with Gasteiger partial charge in [0.25, 0.3) is 0 Å². The van der Waals surface area contributed by atoms with Crippen LogP contribution < -0.4 is 5.32 Å². The van der Waals surface area contributed by atoms with Crippen LogP contribution in [0.5, 0.6) is 0 Å². The molecule has 0 amide bonds. The average molecular weight is 405 g/mol. The molecule has 5 heteroatoms. The second-order valence-electron chi connectivity index (χ2n) is 7.09. The molecule has 3 aromatic rings. The van der Waals surface area contributed by atoms with Crippen molar-refractivity contribution in [2.75, 3.05) is 5.32 Å². The number of fused-ring (bicyclic) bond motifs is 1. The van der Waals surface area contributed by atoms with Gasteiger partial charge in [-0.25, -0.2) is 4.98 Å². The van der Waals surface area contributed by atoms with E-state index in [0.717, 1.165) is 24.2 Å². The second-order valence-corrected chi connectivity index (χ2v) is 9.56. The van der Waals surface area contributed by atoms with Crippen molar-refractivity contribution in [3.05, 3.63) is 44.1 Å². The first-order valence-corrected chi connectivity index (χ1v) is 11.7. The molecule has 4 rings (SSSR count). The summed E-state index contributed by atoms with van der Waals surface area (Å²) in [5.74, 6) is 0.704. The lowest BCUT2D eigenvalue weighted by atomic mass is 9.94. The van der Waals surface area contributed by atoms with Crippen LogP contribution in [-0.2, 0) is 13.0 Å². The van der Waals surface area contributed by atoms with Crippen LogP contribution in [0.3, 0.4) is 0 Å². The number of rotatable bonds is 5. The molecule has 1 saturated carbocycles. The van der Waals surface area contributed by atoms with Crippen molar-refractivity contribution in [2.45, 2.75) is 64.3 Å². The Morgan fingerprint density at radius 2 is 2.04 bits per heavy atom. The number of halogens is 1. The van der Waals surface area contributed by atoms with Crippen molar-refractivity contribution >= 4 is 50.2 Å². The molecule has 26 heavy (non-hydrogen) atoms. The van der Waals surface area contributed by atoms with E-state index >= 15 is 0 Å². The smallest absolute Gasteiger partial charge is 0.131 e. The molecule has 1 fully saturated rings. The summed E-state index contributed by atoms with van der Waals surface area (Å²) in [6, 6.07) is 6.26. The zero-order valence-corrected chi connectivity index (χ0v) is 17.6. The number of aryl methyl sites for hydroxylation is 1. The molecular formula is C21H25ClN2S2. The number of anilines is 1. The third kappa shape index (κ3) is 3.78. The van der Waals surface area contributed by atoms with Gasteiger partial charge in [-0.15, -0.1) is 22.7 Å². The summed E-state index contributed by atoms with van der Waals surface area (Å²) in [5, 5.41) is 6.32. The Balaban J connectivity index is 1.73. The summed E-state index contributed by atoms with van der Waals surface area (Å²) in [7, 11) is 0. The van der Waals surface area contributed by atoms with Crippen molar-refractivity contribution in [3.63, 3.8) is 0 Å². The van der Waals surface area contributed by atoms with Gasteiger partial charge in [-0.3, -0.25) is 0 Å². The molecule has 2 nitrogen and oxygen atoms in total. The minimum absolute atomic E-state index is 0.589. The van der Waals surface area contributed by atoms with E-state index in [1.54, 1.807) is 16.2 Å². The molecule has 0 atom stereocenters. The fourth-order valence-corrected chi connectivity index (χ4v) is 6.37. The molecule has 0 aliphatic heterocycles. The summed E-state index contributed by atoms with van der Waals surface area (Å²) in [6.07, 6.45) is 9.18. The van der Waals surface area contributed by atoms with Crippen molar-refractivity contribution in [1.82, 2.24) is 4.98 Å². The summed E-state index contributed by atoms with van der Waals surface area (Å²) < 4.78 is 1.28. The number of pyridine rings is 1. The van der Waals surface area contributed by atoms with E-state index in [1.807, 2.05) is 17.4 Å². The van der Waals surface area contributed by atoms with Crippen molar-refractivity contribution in [2.24, 2.45) is 0 Å². The number of hydrogen-bond acceptors (Lipinski definition) is 4. The van der Waals surface area contributed by atoms with E-state index in [4.69, 9.17) is 16.6 Å². The molecule has 138 valence electrons. The predicted octanol–water partition coefficient (Wildman–Crippen LogP) is 7.62. The normalized spacial score (nSPS) is 16.1. The molecule has 1 aliphatic rings. The molecule has 3 heterocycles. The number of nitrogens with zero attached hydrogens (tertiary/aromatic N) is 1. The zero-order valence-electron chi connectivity index (χ0n) is 15.2. The van der Waals surface area contributed by atoms with E-state index in [1.165, 1.54) is 53.7 Å². The summed E-state index contributed by atoms with van der Waals surface area (Å²) in [4.78, 5) is 7.63. The van der Waals surface area contributed by atoms with Crippen LogP contribution in [0.2, 0.25) is 5.15 Å². The lowest BCUT2D eigenvalue weighted by Gasteiger charge is -2.13. The van der Waals surface area contributed by atoms with Gasteiger partial charge in [0.1, 0.15) is 5.15 Å². The molecule has 0 spiro atoms. The second kappa shape index (κ2) is 8.28. The van der Waals surface area contributed by atoms with Crippen LogP contribution in [0.15, 0.2) is 23.6 Å². The largest absolute Gasteiger partial charge is 0.379 e. The maximum atomic E-state index is 6.39. The van der Waals surface area contributed by atoms with E-state index in [9.17, 15) is 0 Å². The molecule has 1 aliphatic carbocycles. The van der Waals surface area contributed by atoms with Crippen LogP contribution in [0.4, 0.5) is 5.69 Å². The Bertz CT molecular complexity index is 862. The standard InChI is InChI=1S/C21H25ClN2S2/c1-2-16-19-21(26-20(16)14-8-5-3-4-6-9-14)17(12-18(22)24-19)23-13-15-10-7-11-25-15/h7,10-12,14H,2-6,8-9,13H2,1H3,(H,23,24). The minimum Gasteiger partial charge on any atom is -0.379 e. The summed E-state index contributed by atoms with van der Waals surface area (Å²) in [5.41, 5.74) is 3.68. The average Bonchev–Trinajstić information content (AvgIpc) is 3.20. The topological polar surface area (TPSA) is 24.9 Å². The van der Waals surface area contributed by atoms with Crippen LogP contribution in [0.1, 0.15) is 66.7 Å². The number of hydrogen-bond donors (Lipinski definition) is 1. The van der Waals surface area contributed by atoms with Crippen LogP contribution in [-0.4, -0.2) is 4.98 Å². The van der Waals surface area contributed by atoms with Crippen LogP contribution in [0, 0.1) is 0 Å². The first-order valence-electron chi connectivity index (χ1n) is 9.64. The molecule has 0 bridgehead atoms. The van der Waals surface area contributed by atoms with Gasteiger partial charge in [0, 0.05) is 22.4 Å². The van der Waals surface area contributed by atoms with Crippen LogP contribution in [0.25, 0.3) is 10.2 Å². The van der Waals surface area contributed by atoms with Gasteiger partial charge in [-0.1, -0.05) is 50.3 Å². The van der Waals surface area contributed by atoms with Gasteiger partial charge >= 0.3 is 0 Å². The Morgan fingerprint density at radius 3 is 2.73 bits per heavy atom. The molecule has 3 aromatic heterocycles. The minimum atomic E-state index is 0.589. The lowest BCUT2D eigenvalue weighted by molar-refractivity contribution is 0.598. The maximum Gasteiger partial charge on any atom is 0.131 e. The monoisotopic (exact) mass is 404 g/mol. The van der Waals surface area contributed by atoms with Crippen molar-refractivity contribution in [3.8, 4) is 0 Å². The highest BCUT2D eigenvalue weighted by molar-refractivity contribution is 7.20. The van der Waals surface area contributed by atoms with E-state index < -0.39 is 0 Å². The van der Waals surface area contributed by atoms with Crippen molar-refractivity contribution < 1.29 is 0 Å². The first-order chi connectivity index (χ1) is 12.8. The maximum absolute atomic E-state index is 6.39.